The lowest BCUT2D eigenvalue weighted by Crippen LogP contribution is -2.22. The van der Waals surface area contributed by atoms with Crippen LogP contribution < -0.4 is 15.8 Å². The smallest absolute Gasteiger partial charge is 0.193 e. The SMILES string of the molecule is COc1ccc(NC(N)=NCc2sccc2C)cc1.I. The van der Waals surface area contributed by atoms with E-state index in [0.29, 0.717) is 12.5 Å². The van der Waals surface area contributed by atoms with E-state index in [1.807, 2.05) is 24.3 Å². The highest BCUT2D eigenvalue weighted by Gasteiger charge is 2.00. The minimum atomic E-state index is 0. The number of methoxy groups -OCH3 is 1. The second-order valence-corrected chi connectivity index (χ2v) is 5.08. The van der Waals surface area contributed by atoms with Crippen molar-refractivity contribution in [1.82, 2.24) is 0 Å². The molecule has 0 aliphatic carbocycles. The van der Waals surface area contributed by atoms with E-state index in [2.05, 4.69) is 28.7 Å². The number of ether oxygens (including phenoxy) is 1. The van der Waals surface area contributed by atoms with Gasteiger partial charge in [0, 0.05) is 10.6 Å². The number of aliphatic imine (C=N–C) groups is 1. The molecule has 108 valence electrons. The van der Waals surface area contributed by atoms with E-state index in [0.717, 1.165) is 11.4 Å². The molecule has 0 radical (unpaired) electrons. The highest BCUT2D eigenvalue weighted by atomic mass is 127. The van der Waals surface area contributed by atoms with Crippen LogP contribution in [0.1, 0.15) is 10.4 Å². The predicted octanol–water partition coefficient (Wildman–Crippen LogP) is 3.61. The van der Waals surface area contributed by atoms with Crippen LogP contribution in [0, 0.1) is 6.92 Å². The molecule has 2 rings (SSSR count). The summed E-state index contributed by atoms with van der Waals surface area (Å²) in [6, 6.07) is 9.63. The van der Waals surface area contributed by atoms with Crippen LogP contribution in [0.4, 0.5) is 5.69 Å². The number of rotatable bonds is 4. The molecular formula is C14H18IN3OS. The molecule has 20 heavy (non-hydrogen) atoms. The number of nitrogens with zero attached hydrogens (tertiary/aromatic N) is 1. The Morgan fingerprint density at radius 3 is 2.55 bits per heavy atom. The largest absolute Gasteiger partial charge is 0.497 e. The summed E-state index contributed by atoms with van der Waals surface area (Å²) < 4.78 is 5.10. The summed E-state index contributed by atoms with van der Waals surface area (Å²) in [7, 11) is 1.64. The molecule has 0 saturated carbocycles. The predicted molar refractivity (Wildman–Crippen MR) is 96.4 cm³/mol. The molecule has 0 atom stereocenters. The van der Waals surface area contributed by atoms with Gasteiger partial charge in [-0.25, -0.2) is 4.99 Å². The fraction of sp³-hybridized carbons (Fsp3) is 0.214. The molecular weight excluding hydrogens is 385 g/mol. The Kier molecular flexibility index (Phi) is 6.80. The lowest BCUT2D eigenvalue weighted by atomic mass is 10.3. The van der Waals surface area contributed by atoms with Gasteiger partial charge in [0.15, 0.2) is 5.96 Å². The quantitative estimate of drug-likeness (QED) is 0.466. The van der Waals surface area contributed by atoms with Crippen LogP contribution in [-0.2, 0) is 6.54 Å². The molecule has 0 aliphatic rings. The van der Waals surface area contributed by atoms with Crippen molar-refractivity contribution >= 4 is 47.0 Å². The first-order valence-electron chi connectivity index (χ1n) is 5.93. The number of hydrogen-bond acceptors (Lipinski definition) is 3. The topological polar surface area (TPSA) is 59.6 Å². The molecule has 1 aromatic heterocycles. The molecule has 0 aliphatic heterocycles. The molecule has 0 unspecified atom stereocenters. The number of thiophene rings is 1. The van der Waals surface area contributed by atoms with Gasteiger partial charge in [-0.3, -0.25) is 0 Å². The first kappa shape index (κ1) is 16.8. The summed E-state index contributed by atoms with van der Waals surface area (Å²) in [5.74, 6) is 1.23. The van der Waals surface area contributed by atoms with Crippen molar-refractivity contribution < 1.29 is 4.74 Å². The summed E-state index contributed by atoms with van der Waals surface area (Å²) in [5.41, 5.74) is 8.00. The third-order valence-electron chi connectivity index (χ3n) is 2.72. The molecule has 3 N–H and O–H groups in total. The van der Waals surface area contributed by atoms with E-state index < -0.39 is 0 Å². The van der Waals surface area contributed by atoms with Gasteiger partial charge in [-0.15, -0.1) is 35.3 Å². The maximum atomic E-state index is 5.86. The van der Waals surface area contributed by atoms with Gasteiger partial charge in [0.25, 0.3) is 0 Å². The van der Waals surface area contributed by atoms with Gasteiger partial charge in [0.05, 0.1) is 13.7 Å². The molecule has 0 spiro atoms. The summed E-state index contributed by atoms with van der Waals surface area (Å²) in [6.45, 7) is 2.69. The molecule has 1 heterocycles. The van der Waals surface area contributed by atoms with Crippen molar-refractivity contribution in [3.05, 3.63) is 46.2 Å². The van der Waals surface area contributed by atoms with Gasteiger partial charge in [0.1, 0.15) is 5.75 Å². The van der Waals surface area contributed by atoms with Crippen LogP contribution in [0.3, 0.4) is 0 Å². The second-order valence-electron chi connectivity index (χ2n) is 4.08. The van der Waals surface area contributed by atoms with Gasteiger partial charge in [-0.05, 0) is 48.2 Å². The molecule has 0 amide bonds. The van der Waals surface area contributed by atoms with Gasteiger partial charge < -0.3 is 15.8 Å². The molecule has 2 aromatic rings. The Balaban J connectivity index is 0.00000200. The Bertz CT molecular complexity index is 566. The fourth-order valence-corrected chi connectivity index (χ4v) is 2.41. The average molecular weight is 403 g/mol. The minimum absolute atomic E-state index is 0. The summed E-state index contributed by atoms with van der Waals surface area (Å²) in [4.78, 5) is 5.56. The number of anilines is 1. The van der Waals surface area contributed by atoms with E-state index in [1.54, 1.807) is 18.4 Å². The number of guanidine groups is 1. The molecule has 6 heteroatoms. The normalized spacial score (nSPS) is 10.8. The van der Waals surface area contributed by atoms with Gasteiger partial charge in [0.2, 0.25) is 0 Å². The third kappa shape index (κ3) is 4.68. The van der Waals surface area contributed by atoms with Crippen molar-refractivity contribution in [3.63, 3.8) is 0 Å². The number of aryl methyl sites for hydroxylation is 1. The molecule has 0 fully saturated rings. The van der Waals surface area contributed by atoms with Crippen molar-refractivity contribution in [2.45, 2.75) is 13.5 Å². The molecule has 0 saturated heterocycles. The van der Waals surface area contributed by atoms with Crippen LogP contribution >= 0.6 is 35.3 Å². The third-order valence-corrected chi connectivity index (χ3v) is 3.73. The highest BCUT2D eigenvalue weighted by Crippen LogP contribution is 2.17. The lowest BCUT2D eigenvalue weighted by molar-refractivity contribution is 0.415. The maximum Gasteiger partial charge on any atom is 0.193 e. The van der Waals surface area contributed by atoms with Crippen LogP contribution in [-0.4, -0.2) is 13.1 Å². The second kappa shape index (κ2) is 8.11. The highest BCUT2D eigenvalue weighted by molar-refractivity contribution is 14.0. The van der Waals surface area contributed by atoms with Crippen LogP contribution in [0.2, 0.25) is 0 Å². The number of benzene rings is 1. The van der Waals surface area contributed by atoms with Crippen molar-refractivity contribution in [3.8, 4) is 5.75 Å². The van der Waals surface area contributed by atoms with Gasteiger partial charge >= 0.3 is 0 Å². The monoisotopic (exact) mass is 403 g/mol. The number of nitrogens with two attached hydrogens (primary N) is 1. The van der Waals surface area contributed by atoms with E-state index in [4.69, 9.17) is 10.5 Å². The molecule has 1 aromatic carbocycles. The summed E-state index contributed by atoms with van der Waals surface area (Å²) >= 11 is 1.70. The summed E-state index contributed by atoms with van der Waals surface area (Å²) in [6.07, 6.45) is 0. The fourth-order valence-electron chi connectivity index (χ4n) is 1.58. The van der Waals surface area contributed by atoms with Crippen molar-refractivity contribution in [2.75, 3.05) is 12.4 Å². The average Bonchev–Trinajstić information content (AvgIpc) is 2.83. The van der Waals surface area contributed by atoms with Crippen LogP contribution in [0.5, 0.6) is 5.75 Å². The van der Waals surface area contributed by atoms with E-state index >= 15 is 0 Å². The van der Waals surface area contributed by atoms with E-state index in [1.165, 1.54) is 10.4 Å². The minimum Gasteiger partial charge on any atom is -0.497 e. The first-order valence-corrected chi connectivity index (χ1v) is 6.81. The zero-order chi connectivity index (χ0) is 13.7. The van der Waals surface area contributed by atoms with Gasteiger partial charge in [-0.2, -0.15) is 0 Å². The lowest BCUT2D eigenvalue weighted by Gasteiger charge is -2.06. The molecule has 4 nitrogen and oxygen atoms in total. The molecule has 0 bridgehead atoms. The van der Waals surface area contributed by atoms with Crippen molar-refractivity contribution in [2.24, 2.45) is 10.7 Å². The zero-order valence-corrected chi connectivity index (χ0v) is 14.6. The Labute approximate surface area is 140 Å². The summed E-state index contributed by atoms with van der Waals surface area (Å²) in [5, 5.41) is 5.11. The Morgan fingerprint density at radius 1 is 1.30 bits per heavy atom. The van der Waals surface area contributed by atoms with Gasteiger partial charge in [-0.1, -0.05) is 0 Å². The maximum absolute atomic E-state index is 5.86. The van der Waals surface area contributed by atoms with E-state index in [9.17, 15) is 0 Å². The Hall–Kier alpha value is -1.28. The van der Waals surface area contributed by atoms with Crippen LogP contribution in [0.25, 0.3) is 0 Å². The van der Waals surface area contributed by atoms with Crippen molar-refractivity contribution in [1.29, 1.82) is 0 Å². The number of hydrogen-bond donors (Lipinski definition) is 2. The first-order chi connectivity index (χ1) is 9.19. The Morgan fingerprint density at radius 2 is 2.00 bits per heavy atom. The van der Waals surface area contributed by atoms with E-state index in [-0.39, 0.29) is 24.0 Å². The number of nitrogens with one attached hydrogen (secondary N) is 1. The zero-order valence-electron chi connectivity index (χ0n) is 11.4. The number of halogens is 1. The standard InChI is InChI=1S/C14H17N3OS.HI/c1-10-7-8-19-13(10)9-16-14(15)17-11-3-5-12(18-2)6-4-11;/h3-8H,9H2,1-2H3,(H3,15,16,17);1H. The van der Waals surface area contributed by atoms with Crippen LogP contribution in [0.15, 0.2) is 40.7 Å².